The van der Waals surface area contributed by atoms with Crippen molar-refractivity contribution in [3.63, 3.8) is 0 Å². The van der Waals surface area contributed by atoms with E-state index < -0.39 is 0 Å². The van der Waals surface area contributed by atoms with Crippen molar-refractivity contribution < 1.29 is 14.0 Å². The summed E-state index contributed by atoms with van der Waals surface area (Å²) in [5.41, 5.74) is 2.74. The summed E-state index contributed by atoms with van der Waals surface area (Å²) >= 11 is 4.86. The lowest BCUT2D eigenvalue weighted by Crippen LogP contribution is -2.27. The average Bonchev–Trinajstić information content (AvgIpc) is 3.11. The summed E-state index contributed by atoms with van der Waals surface area (Å²) in [7, 11) is 0. The van der Waals surface area contributed by atoms with E-state index in [9.17, 15) is 14.0 Å². The number of amides is 2. The van der Waals surface area contributed by atoms with Gasteiger partial charge in [0.25, 0.3) is 5.91 Å². The van der Waals surface area contributed by atoms with Crippen LogP contribution in [-0.2, 0) is 4.79 Å². The maximum Gasteiger partial charge on any atom is 0.255 e. The van der Waals surface area contributed by atoms with E-state index in [4.69, 9.17) is 0 Å². The number of carbonyl (C=O) groups is 2. The molecule has 0 bridgehead atoms. The van der Waals surface area contributed by atoms with Crippen LogP contribution in [0.15, 0.2) is 77.3 Å². The fourth-order valence-electron chi connectivity index (χ4n) is 3.13. The zero-order valence-electron chi connectivity index (χ0n) is 15.1. The SMILES string of the molecule is O=C(Nc1cccc([C@@H]2SCC(=O)N2c2ccc(F)cc2)c1)c1ccc(Br)cc1. The molecule has 3 aromatic carbocycles. The molecule has 0 saturated carbocycles. The second-order valence-corrected chi connectivity index (χ2v) is 8.47. The molecule has 0 radical (unpaired) electrons. The molecule has 1 aliphatic heterocycles. The molecule has 1 N–H and O–H groups in total. The summed E-state index contributed by atoms with van der Waals surface area (Å²) in [6, 6.07) is 20.4. The van der Waals surface area contributed by atoms with Crippen LogP contribution in [0.4, 0.5) is 15.8 Å². The molecule has 0 aromatic heterocycles. The summed E-state index contributed by atoms with van der Waals surface area (Å²) < 4.78 is 14.2. The molecule has 1 saturated heterocycles. The third kappa shape index (κ3) is 4.36. The minimum Gasteiger partial charge on any atom is -0.322 e. The standard InChI is InChI=1S/C22H16BrFN2O2S/c23-16-6-4-14(5-7-16)21(28)25-18-3-1-2-15(12-18)22-26(20(27)13-29-22)19-10-8-17(24)9-11-19/h1-12,22H,13H2,(H,25,28)/t22-/m0/s1. The molecule has 1 heterocycles. The highest BCUT2D eigenvalue weighted by Gasteiger charge is 2.34. The van der Waals surface area contributed by atoms with Gasteiger partial charge >= 0.3 is 0 Å². The number of benzene rings is 3. The summed E-state index contributed by atoms with van der Waals surface area (Å²) in [5.74, 6) is -0.240. The van der Waals surface area contributed by atoms with Gasteiger partial charge in [-0.1, -0.05) is 28.1 Å². The van der Waals surface area contributed by atoms with Crippen molar-refractivity contribution >= 4 is 50.9 Å². The summed E-state index contributed by atoms with van der Waals surface area (Å²) in [4.78, 5) is 26.6. The molecule has 0 unspecified atom stereocenters. The molecule has 7 heteroatoms. The first kappa shape index (κ1) is 19.7. The second-order valence-electron chi connectivity index (χ2n) is 6.49. The Kier molecular flexibility index (Phi) is 5.69. The highest BCUT2D eigenvalue weighted by Crippen LogP contribution is 2.42. The maximum atomic E-state index is 13.3. The Labute approximate surface area is 180 Å². The number of thioether (sulfide) groups is 1. The predicted octanol–water partition coefficient (Wildman–Crippen LogP) is 5.62. The number of halogens is 2. The zero-order valence-corrected chi connectivity index (χ0v) is 17.5. The van der Waals surface area contributed by atoms with Gasteiger partial charge in [0, 0.05) is 21.4 Å². The predicted molar refractivity (Wildman–Crippen MR) is 118 cm³/mol. The second kappa shape index (κ2) is 8.39. The molecule has 1 fully saturated rings. The molecule has 1 aliphatic rings. The van der Waals surface area contributed by atoms with Gasteiger partial charge in [-0.2, -0.15) is 0 Å². The Morgan fingerprint density at radius 1 is 1.07 bits per heavy atom. The third-order valence-corrected chi connectivity index (χ3v) is 6.25. The molecular formula is C22H16BrFN2O2S. The number of anilines is 2. The van der Waals surface area contributed by atoms with Crippen LogP contribution in [0.2, 0.25) is 0 Å². The first-order valence-corrected chi connectivity index (χ1v) is 10.7. The molecule has 0 aliphatic carbocycles. The van der Waals surface area contributed by atoms with Crippen LogP contribution in [0.3, 0.4) is 0 Å². The number of rotatable bonds is 4. The van der Waals surface area contributed by atoms with Gasteiger partial charge in [-0.25, -0.2) is 4.39 Å². The van der Waals surface area contributed by atoms with Crippen molar-refractivity contribution in [1.29, 1.82) is 0 Å². The van der Waals surface area contributed by atoms with Crippen molar-refractivity contribution in [1.82, 2.24) is 0 Å². The fourth-order valence-corrected chi connectivity index (χ4v) is 4.56. The Morgan fingerprint density at radius 2 is 1.79 bits per heavy atom. The van der Waals surface area contributed by atoms with Crippen LogP contribution in [0, 0.1) is 5.82 Å². The van der Waals surface area contributed by atoms with E-state index >= 15 is 0 Å². The first-order chi connectivity index (χ1) is 14.0. The fraction of sp³-hybridized carbons (Fsp3) is 0.0909. The molecule has 4 nitrogen and oxygen atoms in total. The van der Waals surface area contributed by atoms with Crippen LogP contribution in [0.5, 0.6) is 0 Å². The number of hydrogen-bond acceptors (Lipinski definition) is 3. The minimum absolute atomic E-state index is 0.0316. The molecule has 2 amide bonds. The van der Waals surface area contributed by atoms with E-state index in [2.05, 4.69) is 21.2 Å². The van der Waals surface area contributed by atoms with Crippen molar-refractivity contribution in [2.24, 2.45) is 0 Å². The van der Waals surface area contributed by atoms with Crippen molar-refractivity contribution in [3.05, 3.63) is 94.2 Å². The zero-order chi connectivity index (χ0) is 20.4. The van der Waals surface area contributed by atoms with Crippen LogP contribution >= 0.6 is 27.7 Å². The van der Waals surface area contributed by atoms with Gasteiger partial charge in [0.1, 0.15) is 11.2 Å². The van der Waals surface area contributed by atoms with E-state index in [1.165, 1.54) is 23.9 Å². The number of hydrogen-bond donors (Lipinski definition) is 1. The molecule has 3 aromatic rings. The summed E-state index contributed by atoms with van der Waals surface area (Å²) in [6.07, 6.45) is 0. The molecule has 29 heavy (non-hydrogen) atoms. The van der Waals surface area contributed by atoms with Gasteiger partial charge in [-0.05, 0) is 66.2 Å². The van der Waals surface area contributed by atoms with Gasteiger partial charge in [0.2, 0.25) is 5.91 Å². The monoisotopic (exact) mass is 470 g/mol. The quantitative estimate of drug-likeness (QED) is 0.538. The van der Waals surface area contributed by atoms with Gasteiger partial charge < -0.3 is 5.32 Å². The highest BCUT2D eigenvalue weighted by atomic mass is 79.9. The van der Waals surface area contributed by atoms with Crippen LogP contribution in [0.25, 0.3) is 0 Å². The Hall–Kier alpha value is -2.64. The van der Waals surface area contributed by atoms with Crippen molar-refractivity contribution in [3.8, 4) is 0 Å². The minimum atomic E-state index is -0.345. The van der Waals surface area contributed by atoms with E-state index in [1.54, 1.807) is 29.2 Å². The molecule has 0 spiro atoms. The van der Waals surface area contributed by atoms with E-state index in [0.717, 1.165) is 10.0 Å². The van der Waals surface area contributed by atoms with Gasteiger partial charge in [0.15, 0.2) is 0 Å². The topological polar surface area (TPSA) is 49.4 Å². The van der Waals surface area contributed by atoms with E-state index in [-0.39, 0.29) is 23.0 Å². The summed E-state index contributed by atoms with van der Waals surface area (Å²) in [5, 5.41) is 2.66. The van der Waals surface area contributed by atoms with Gasteiger partial charge in [-0.3, -0.25) is 14.5 Å². The number of nitrogens with zero attached hydrogens (tertiary/aromatic N) is 1. The first-order valence-electron chi connectivity index (χ1n) is 8.87. The lowest BCUT2D eigenvalue weighted by molar-refractivity contribution is -0.115. The van der Waals surface area contributed by atoms with E-state index in [1.807, 2.05) is 36.4 Å². The Bertz CT molecular complexity index is 1060. The third-order valence-electron chi connectivity index (χ3n) is 4.51. The average molecular weight is 471 g/mol. The van der Waals surface area contributed by atoms with Crippen molar-refractivity contribution in [2.45, 2.75) is 5.37 Å². The van der Waals surface area contributed by atoms with Gasteiger partial charge in [0.05, 0.1) is 5.75 Å². The molecule has 1 atom stereocenters. The smallest absolute Gasteiger partial charge is 0.255 e. The normalized spacial score (nSPS) is 16.1. The maximum absolute atomic E-state index is 13.3. The lowest BCUT2D eigenvalue weighted by atomic mass is 10.1. The van der Waals surface area contributed by atoms with Crippen LogP contribution < -0.4 is 10.2 Å². The summed E-state index contributed by atoms with van der Waals surface area (Å²) in [6.45, 7) is 0. The number of nitrogens with one attached hydrogen (secondary N) is 1. The van der Waals surface area contributed by atoms with Crippen molar-refractivity contribution in [2.75, 3.05) is 16.0 Å². The highest BCUT2D eigenvalue weighted by molar-refractivity contribution is 9.10. The van der Waals surface area contributed by atoms with E-state index in [0.29, 0.717) is 22.7 Å². The molecular weight excluding hydrogens is 455 g/mol. The molecule has 146 valence electrons. The number of carbonyl (C=O) groups excluding carboxylic acids is 2. The Balaban J connectivity index is 1.57. The molecule has 4 rings (SSSR count). The van der Waals surface area contributed by atoms with Crippen LogP contribution in [-0.4, -0.2) is 17.6 Å². The largest absolute Gasteiger partial charge is 0.322 e. The lowest BCUT2D eigenvalue weighted by Gasteiger charge is -2.24. The Morgan fingerprint density at radius 3 is 2.52 bits per heavy atom. The van der Waals surface area contributed by atoms with Crippen LogP contribution in [0.1, 0.15) is 21.3 Å². The van der Waals surface area contributed by atoms with Gasteiger partial charge in [-0.15, -0.1) is 11.8 Å².